The van der Waals surface area contributed by atoms with E-state index in [0.29, 0.717) is 42.7 Å². The van der Waals surface area contributed by atoms with Crippen LogP contribution in [0, 0.1) is 25.6 Å². The molecule has 0 heterocycles. The zero-order valence-electron chi connectivity index (χ0n) is 25.7. The summed E-state index contributed by atoms with van der Waals surface area (Å²) in [6.07, 6.45) is 4.72. The summed E-state index contributed by atoms with van der Waals surface area (Å²) >= 11 is 1.58. The SMILES string of the molecule is CCCCOC(=O)C(Cc1cc(C)cc(F)c1)Cc1ccc(C(=O)NC(CCSC)C(=O)OC)c(-c2ccccc2C)c1. The summed E-state index contributed by atoms with van der Waals surface area (Å²) in [5.74, 6) is -1.40. The second kappa shape index (κ2) is 16.8. The second-order valence-electron chi connectivity index (χ2n) is 10.8. The molecule has 6 nitrogen and oxygen atoms in total. The van der Waals surface area contributed by atoms with Gasteiger partial charge < -0.3 is 14.8 Å². The molecule has 0 aliphatic rings. The van der Waals surface area contributed by atoms with Gasteiger partial charge in [-0.15, -0.1) is 0 Å². The number of ether oxygens (including phenoxy) is 2. The first-order chi connectivity index (χ1) is 20.7. The van der Waals surface area contributed by atoms with Crippen LogP contribution >= 0.6 is 11.8 Å². The monoisotopic (exact) mass is 607 g/mol. The Balaban J connectivity index is 2.00. The Labute approximate surface area is 258 Å². The molecule has 0 aliphatic carbocycles. The van der Waals surface area contributed by atoms with E-state index in [9.17, 15) is 18.8 Å². The van der Waals surface area contributed by atoms with E-state index in [1.54, 1.807) is 17.8 Å². The van der Waals surface area contributed by atoms with Crippen LogP contribution in [0.25, 0.3) is 11.1 Å². The number of carbonyl (C=O) groups is 3. The number of rotatable bonds is 15. The number of esters is 2. The smallest absolute Gasteiger partial charge is 0.328 e. The summed E-state index contributed by atoms with van der Waals surface area (Å²) in [4.78, 5) is 39.3. The minimum absolute atomic E-state index is 0.321. The number of amides is 1. The number of halogens is 1. The van der Waals surface area contributed by atoms with Crippen molar-refractivity contribution in [3.05, 3.63) is 94.3 Å². The van der Waals surface area contributed by atoms with Crippen LogP contribution in [0.2, 0.25) is 0 Å². The molecule has 2 atom stereocenters. The van der Waals surface area contributed by atoms with Crippen LogP contribution in [-0.4, -0.2) is 49.6 Å². The molecule has 0 radical (unpaired) electrons. The van der Waals surface area contributed by atoms with E-state index < -0.39 is 17.9 Å². The second-order valence-corrected chi connectivity index (χ2v) is 11.8. The molecule has 0 spiro atoms. The minimum Gasteiger partial charge on any atom is -0.467 e. The van der Waals surface area contributed by atoms with Crippen LogP contribution in [-0.2, 0) is 31.9 Å². The van der Waals surface area contributed by atoms with Gasteiger partial charge in [0.05, 0.1) is 19.6 Å². The fourth-order valence-corrected chi connectivity index (χ4v) is 5.52. The number of carbonyl (C=O) groups excluding carboxylic acids is 3. The van der Waals surface area contributed by atoms with Crippen LogP contribution in [0.1, 0.15) is 58.8 Å². The van der Waals surface area contributed by atoms with E-state index >= 15 is 0 Å². The molecule has 3 aromatic rings. The highest BCUT2D eigenvalue weighted by Crippen LogP contribution is 2.30. The van der Waals surface area contributed by atoms with E-state index in [-0.39, 0.29) is 17.7 Å². The van der Waals surface area contributed by atoms with Gasteiger partial charge in [0.2, 0.25) is 0 Å². The minimum atomic E-state index is -0.772. The average Bonchev–Trinajstić information content (AvgIpc) is 2.98. The number of hydrogen-bond donors (Lipinski definition) is 1. The van der Waals surface area contributed by atoms with Gasteiger partial charge in [0.25, 0.3) is 5.91 Å². The summed E-state index contributed by atoms with van der Waals surface area (Å²) in [6.45, 7) is 6.16. The van der Waals surface area contributed by atoms with Gasteiger partial charge in [-0.2, -0.15) is 11.8 Å². The standard InChI is InChI=1S/C35H42FNO5S/c1-6-7-15-42-34(39)27(20-26-17-23(2)18-28(36)21-26)19-25-12-13-30(31(22-25)29-11-9-8-10-24(29)3)33(38)37-32(14-16-43-5)35(40)41-4/h8-13,17-18,21-22,27,32H,6-7,14-16,19-20H2,1-5H3,(H,37,38). The van der Waals surface area contributed by atoms with E-state index in [2.05, 4.69) is 5.32 Å². The lowest BCUT2D eigenvalue weighted by atomic mass is 9.88. The van der Waals surface area contributed by atoms with Crippen molar-refractivity contribution in [2.75, 3.05) is 25.7 Å². The van der Waals surface area contributed by atoms with Crippen LogP contribution in [0.3, 0.4) is 0 Å². The first-order valence-corrected chi connectivity index (χ1v) is 16.0. The predicted octanol–water partition coefficient (Wildman–Crippen LogP) is 6.88. The highest BCUT2D eigenvalue weighted by molar-refractivity contribution is 7.98. The van der Waals surface area contributed by atoms with Crippen LogP contribution < -0.4 is 5.32 Å². The topological polar surface area (TPSA) is 81.7 Å². The van der Waals surface area contributed by atoms with Crippen LogP contribution in [0.15, 0.2) is 60.7 Å². The molecule has 8 heteroatoms. The number of benzene rings is 3. The van der Waals surface area contributed by atoms with Crippen molar-refractivity contribution in [1.82, 2.24) is 5.32 Å². The molecule has 1 N–H and O–H groups in total. The van der Waals surface area contributed by atoms with Crippen molar-refractivity contribution in [3.63, 3.8) is 0 Å². The van der Waals surface area contributed by atoms with Crippen molar-refractivity contribution in [2.45, 2.75) is 58.9 Å². The van der Waals surface area contributed by atoms with Crippen molar-refractivity contribution in [1.29, 1.82) is 0 Å². The molecule has 2 unspecified atom stereocenters. The summed E-state index contributed by atoms with van der Waals surface area (Å²) in [5, 5.41) is 2.86. The number of unbranched alkanes of at least 4 members (excludes halogenated alkanes) is 1. The Hall–Kier alpha value is -3.65. The number of methoxy groups -OCH3 is 1. The summed E-state index contributed by atoms with van der Waals surface area (Å²) in [7, 11) is 1.31. The molecule has 43 heavy (non-hydrogen) atoms. The molecule has 3 aromatic carbocycles. The maximum atomic E-state index is 14.2. The van der Waals surface area contributed by atoms with Gasteiger partial charge in [0.15, 0.2) is 0 Å². The fourth-order valence-electron chi connectivity index (χ4n) is 5.05. The summed E-state index contributed by atoms with van der Waals surface area (Å²) in [5.41, 5.74) is 5.31. The summed E-state index contributed by atoms with van der Waals surface area (Å²) in [6, 6.07) is 17.3. The highest BCUT2D eigenvalue weighted by Gasteiger charge is 2.26. The normalized spacial score (nSPS) is 12.3. The predicted molar refractivity (Wildman–Crippen MR) is 171 cm³/mol. The zero-order valence-corrected chi connectivity index (χ0v) is 26.5. The molecule has 0 bridgehead atoms. The van der Waals surface area contributed by atoms with Gasteiger partial charge >= 0.3 is 11.9 Å². The Kier molecular flexibility index (Phi) is 13.3. The first-order valence-electron chi connectivity index (χ1n) is 14.7. The number of nitrogens with one attached hydrogen (secondary N) is 1. The average molecular weight is 608 g/mol. The van der Waals surface area contributed by atoms with Gasteiger partial charge in [-0.1, -0.05) is 55.8 Å². The zero-order chi connectivity index (χ0) is 31.4. The Morgan fingerprint density at radius 2 is 1.67 bits per heavy atom. The lowest BCUT2D eigenvalue weighted by Gasteiger charge is -2.20. The third-order valence-corrected chi connectivity index (χ3v) is 7.95. The Bertz CT molecular complexity index is 1390. The van der Waals surface area contributed by atoms with E-state index in [1.807, 2.05) is 69.5 Å². The molecule has 0 saturated carbocycles. The maximum Gasteiger partial charge on any atom is 0.328 e. The number of thioether (sulfide) groups is 1. The van der Waals surface area contributed by atoms with Crippen molar-refractivity contribution >= 4 is 29.6 Å². The molecule has 0 aliphatic heterocycles. The van der Waals surface area contributed by atoms with E-state index in [4.69, 9.17) is 9.47 Å². The quantitative estimate of drug-likeness (QED) is 0.150. The van der Waals surface area contributed by atoms with Crippen LogP contribution in [0.5, 0.6) is 0 Å². The van der Waals surface area contributed by atoms with Crippen molar-refractivity contribution in [3.8, 4) is 11.1 Å². The largest absolute Gasteiger partial charge is 0.467 e. The van der Waals surface area contributed by atoms with Gasteiger partial charge in [0.1, 0.15) is 11.9 Å². The van der Waals surface area contributed by atoms with Gasteiger partial charge in [-0.3, -0.25) is 9.59 Å². The van der Waals surface area contributed by atoms with Crippen molar-refractivity contribution in [2.24, 2.45) is 5.92 Å². The summed E-state index contributed by atoms with van der Waals surface area (Å²) < 4.78 is 24.7. The third-order valence-electron chi connectivity index (χ3n) is 7.31. The lowest BCUT2D eigenvalue weighted by Crippen LogP contribution is -2.42. The molecule has 3 rings (SSSR count). The Morgan fingerprint density at radius 3 is 2.35 bits per heavy atom. The fraction of sp³-hybridized carbons (Fsp3) is 0.400. The molecule has 0 fully saturated rings. The molecular formula is C35H42FNO5S. The highest BCUT2D eigenvalue weighted by atomic mass is 32.2. The third kappa shape index (κ3) is 9.95. The molecular weight excluding hydrogens is 565 g/mol. The molecule has 0 saturated heterocycles. The molecule has 1 amide bonds. The van der Waals surface area contributed by atoms with Gasteiger partial charge in [0, 0.05) is 5.56 Å². The van der Waals surface area contributed by atoms with E-state index in [0.717, 1.165) is 40.7 Å². The van der Waals surface area contributed by atoms with Gasteiger partial charge in [-0.05, 0) is 103 Å². The van der Waals surface area contributed by atoms with Crippen molar-refractivity contribution < 1.29 is 28.2 Å². The Morgan fingerprint density at radius 1 is 0.930 bits per heavy atom. The lowest BCUT2D eigenvalue weighted by molar-refractivity contribution is -0.148. The molecule has 230 valence electrons. The number of aryl methyl sites for hydroxylation is 2. The number of hydrogen-bond acceptors (Lipinski definition) is 6. The van der Waals surface area contributed by atoms with E-state index in [1.165, 1.54) is 19.2 Å². The molecule has 0 aromatic heterocycles. The van der Waals surface area contributed by atoms with Gasteiger partial charge in [-0.25, -0.2) is 9.18 Å². The van der Waals surface area contributed by atoms with Crippen LogP contribution in [0.4, 0.5) is 4.39 Å². The first kappa shape index (κ1) is 33.8. The maximum absolute atomic E-state index is 14.2.